The Balaban J connectivity index is 1.61. The van der Waals surface area contributed by atoms with E-state index in [2.05, 4.69) is 31.8 Å². The Morgan fingerprint density at radius 1 is 1.13 bits per heavy atom. The smallest absolute Gasteiger partial charge is 0.303 e. The maximum Gasteiger partial charge on any atom is 0.303 e. The third-order valence-electron chi connectivity index (χ3n) is 6.33. The molecule has 10 heteroatoms. The minimum atomic E-state index is -3.15. The molecule has 0 bridgehead atoms. The summed E-state index contributed by atoms with van der Waals surface area (Å²) in [4.78, 5) is 16.9. The van der Waals surface area contributed by atoms with Gasteiger partial charge in [-0.3, -0.25) is 0 Å². The van der Waals surface area contributed by atoms with E-state index < -0.39 is 11.7 Å². The van der Waals surface area contributed by atoms with E-state index in [1.165, 1.54) is 6.42 Å². The Bertz CT molecular complexity index is 1160. The molecule has 0 N–H and O–H groups in total. The van der Waals surface area contributed by atoms with E-state index in [1.54, 1.807) is 29.9 Å². The van der Waals surface area contributed by atoms with Crippen molar-refractivity contribution in [3.05, 3.63) is 35.0 Å². The zero-order valence-electron chi connectivity index (χ0n) is 17.7. The third-order valence-corrected chi connectivity index (χ3v) is 6.54. The van der Waals surface area contributed by atoms with Crippen LogP contribution in [0.15, 0.2) is 18.3 Å². The lowest BCUT2D eigenvalue weighted by atomic mass is 9.86. The van der Waals surface area contributed by atoms with Gasteiger partial charge >= 0.3 is 5.92 Å². The summed E-state index contributed by atoms with van der Waals surface area (Å²) in [6.45, 7) is 6.45. The molecule has 0 aromatic carbocycles. The Hall–Kier alpha value is -2.39. The van der Waals surface area contributed by atoms with Crippen LogP contribution in [0.2, 0.25) is 5.15 Å². The van der Waals surface area contributed by atoms with E-state index in [0.717, 1.165) is 50.7 Å². The molecular formula is C21H24ClF2N7. The highest BCUT2D eigenvalue weighted by Crippen LogP contribution is 2.42. The van der Waals surface area contributed by atoms with Gasteiger partial charge in [0, 0.05) is 56.0 Å². The first-order valence-electron chi connectivity index (χ1n) is 10.4. The number of likely N-dealkylation sites (tertiary alicyclic amines) is 1. The fourth-order valence-corrected chi connectivity index (χ4v) is 5.00. The number of nitrogens with zero attached hydrogens (tertiary/aromatic N) is 7. The molecule has 2 aliphatic heterocycles. The van der Waals surface area contributed by atoms with Crippen LogP contribution in [0, 0.1) is 12.3 Å². The highest BCUT2D eigenvalue weighted by atomic mass is 35.5. The van der Waals surface area contributed by atoms with Crippen LogP contribution in [-0.2, 0) is 5.92 Å². The molecule has 2 aliphatic rings. The van der Waals surface area contributed by atoms with Gasteiger partial charge in [-0.05, 0) is 33.4 Å². The van der Waals surface area contributed by atoms with Crippen LogP contribution >= 0.6 is 11.6 Å². The predicted molar refractivity (Wildman–Crippen MR) is 115 cm³/mol. The van der Waals surface area contributed by atoms with Gasteiger partial charge in [-0.1, -0.05) is 11.6 Å². The molecule has 1 unspecified atom stereocenters. The number of aromatic nitrogens is 5. The molecular weight excluding hydrogens is 424 g/mol. The quantitative estimate of drug-likeness (QED) is 0.569. The summed E-state index contributed by atoms with van der Waals surface area (Å²) in [7, 11) is 2.16. The Kier molecular flexibility index (Phi) is 4.67. The van der Waals surface area contributed by atoms with Crippen molar-refractivity contribution in [3.63, 3.8) is 0 Å². The number of anilines is 1. The van der Waals surface area contributed by atoms with Gasteiger partial charge in [-0.15, -0.1) is 5.10 Å². The maximum atomic E-state index is 14.0. The second kappa shape index (κ2) is 7.06. The average Bonchev–Trinajstić information content (AvgIpc) is 3.37. The van der Waals surface area contributed by atoms with Crippen LogP contribution < -0.4 is 4.90 Å². The number of halogens is 3. The molecule has 2 saturated heterocycles. The van der Waals surface area contributed by atoms with Crippen molar-refractivity contribution in [1.82, 2.24) is 29.6 Å². The van der Waals surface area contributed by atoms with Crippen LogP contribution in [-0.4, -0.2) is 62.9 Å². The minimum absolute atomic E-state index is 0.271. The lowest BCUT2D eigenvalue weighted by Crippen LogP contribution is -2.30. The topological polar surface area (TPSA) is 63.0 Å². The fourth-order valence-electron chi connectivity index (χ4n) is 4.84. The zero-order valence-corrected chi connectivity index (χ0v) is 18.5. The molecule has 164 valence electrons. The number of fused-ring (bicyclic) bond motifs is 1. The standard InChI is InChI=1S/C21H24ClF2N7/c1-13-8-17(27-19(26-13)20(2,23)24)31-15-9-16(22)25-10-14(15)18(28-31)30-7-5-21(12-30)4-6-29(3)11-21/h8-10H,4-7,11-12H2,1-3H3. The number of aryl methyl sites for hydroxylation is 1. The van der Waals surface area contributed by atoms with Gasteiger partial charge in [-0.2, -0.15) is 8.78 Å². The van der Waals surface area contributed by atoms with Crippen LogP contribution in [0.1, 0.15) is 31.3 Å². The SMILES string of the molecule is Cc1cc(-n2nc(N3CCC4(CCN(C)C4)C3)c3cnc(Cl)cc32)nc(C(C)(F)F)n1. The third kappa shape index (κ3) is 3.63. The fraction of sp³-hybridized carbons (Fsp3) is 0.524. The van der Waals surface area contributed by atoms with E-state index in [9.17, 15) is 8.78 Å². The Labute approximate surface area is 184 Å². The molecule has 3 aromatic rings. The van der Waals surface area contributed by atoms with Gasteiger partial charge in [0.1, 0.15) is 5.15 Å². The first kappa shape index (κ1) is 20.5. The molecule has 0 radical (unpaired) electrons. The van der Waals surface area contributed by atoms with Gasteiger partial charge in [0.2, 0.25) is 5.82 Å². The van der Waals surface area contributed by atoms with Gasteiger partial charge in [-0.25, -0.2) is 19.6 Å². The van der Waals surface area contributed by atoms with Gasteiger partial charge in [0.25, 0.3) is 0 Å². The summed E-state index contributed by atoms with van der Waals surface area (Å²) >= 11 is 6.17. The van der Waals surface area contributed by atoms with Crippen molar-refractivity contribution in [2.75, 3.05) is 38.1 Å². The van der Waals surface area contributed by atoms with Crippen molar-refractivity contribution in [1.29, 1.82) is 0 Å². The summed E-state index contributed by atoms with van der Waals surface area (Å²) in [5.74, 6) is -2.60. The first-order chi connectivity index (χ1) is 14.6. The summed E-state index contributed by atoms with van der Waals surface area (Å²) in [5, 5.41) is 5.95. The van der Waals surface area contributed by atoms with Crippen molar-refractivity contribution in [3.8, 4) is 5.82 Å². The highest BCUT2D eigenvalue weighted by Gasteiger charge is 2.43. The van der Waals surface area contributed by atoms with Crippen molar-refractivity contribution in [2.45, 2.75) is 32.6 Å². The summed E-state index contributed by atoms with van der Waals surface area (Å²) in [6, 6.07) is 3.35. The van der Waals surface area contributed by atoms with Crippen molar-refractivity contribution >= 4 is 28.3 Å². The predicted octanol–water partition coefficient (Wildman–Crippen LogP) is 3.82. The maximum absolute atomic E-state index is 14.0. The Morgan fingerprint density at radius 3 is 2.61 bits per heavy atom. The van der Waals surface area contributed by atoms with Gasteiger partial charge < -0.3 is 9.80 Å². The molecule has 1 spiro atoms. The molecule has 31 heavy (non-hydrogen) atoms. The van der Waals surface area contributed by atoms with E-state index in [4.69, 9.17) is 16.7 Å². The van der Waals surface area contributed by atoms with Crippen LogP contribution in [0.5, 0.6) is 0 Å². The molecule has 3 aromatic heterocycles. The second-order valence-electron chi connectivity index (χ2n) is 9.00. The van der Waals surface area contributed by atoms with Crippen molar-refractivity contribution < 1.29 is 8.78 Å². The molecule has 5 heterocycles. The Morgan fingerprint density at radius 2 is 1.90 bits per heavy atom. The van der Waals surface area contributed by atoms with Crippen LogP contribution in [0.25, 0.3) is 16.7 Å². The van der Waals surface area contributed by atoms with E-state index in [1.807, 2.05) is 0 Å². The largest absolute Gasteiger partial charge is 0.354 e. The van der Waals surface area contributed by atoms with E-state index in [0.29, 0.717) is 16.4 Å². The lowest BCUT2D eigenvalue weighted by Gasteiger charge is -2.23. The van der Waals surface area contributed by atoms with E-state index in [-0.39, 0.29) is 11.2 Å². The zero-order chi connectivity index (χ0) is 22.0. The van der Waals surface area contributed by atoms with Gasteiger partial charge in [0.05, 0.1) is 10.9 Å². The molecule has 0 aliphatic carbocycles. The van der Waals surface area contributed by atoms with E-state index >= 15 is 0 Å². The molecule has 1 atom stereocenters. The molecule has 5 rings (SSSR count). The van der Waals surface area contributed by atoms with Gasteiger partial charge in [0.15, 0.2) is 11.6 Å². The lowest BCUT2D eigenvalue weighted by molar-refractivity contribution is 0.00747. The summed E-state index contributed by atoms with van der Waals surface area (Å²) in [6.07, 6.45) is 3.97. The number of rotatable bonds is 3. The summed E-state index contributed by atoms with van der Waals surface area (Å²) < 4.78 is 29.5. The molecule has 0 amide bonds. The number of hydrogen-bond acceptors (Lipinski definition) is 6. The van der Waals surface area contributed by atoms with Crippen LogP contribution in [0.3, 0.4) is 0 Å². The average molecular weight is 448 g/mol. The minimum Gasteiger partial charge on any atom is -0.354 e. The molecule has 7 nitrogen and oxygen atoms in total. The summed E-state index contributed by atoms with van der Waals surface area (Å²) in [5.41, 5.74) is 1.40. The molecule has 0 saturated carbocycles. The first-order valence-corrected chi connectivity index (χ1v) is 10.7. The number of hydrogen-bond donors (Lipinski definition) is 0. The van der Waals surface area contributed by atoms with Crippen LogP contribution in [0.4, 0.5) is 14.6 Å². The molecule has 2 fully saturated rings. The normalized spacial score (nSPS) is 22.3. The second-order valence-corrected chi connectivity index (χ2v) is 9.39. The highest BCUT2D eigenvalue weighted by molar-refractivity contribution is 6.30. The number of alkyl halides is 2. The monoisotopic (exact) mass is 447 g/mol. The van der Waals surface area contributed by atoms with Crippen molar-refractivity contribution in [2.24, 2.45) is 5.41 Å². The number of pyridine rings is 1.